The highest BCUT2D eigenvalue weighted by atomic mass is 16.5. The lowest BCUT2D eigenvalue weighted by molar-refractivity contribution is -0.155. The number of methoxy groups -OCH3 is 1. The second-order valence-corrected chi connectivity index (χ2v) is 5.89. The van der Waals surface area contributed by atoms with Gasteiger partial charge >= 0.3 is 11.9 Å². The molecular weight excluding hydrogens is 232 g/mol. The lowest BCUT2D eigenvalue weighted by Crippen LogP contribution is -2.45. The summed E-state index contributed by atoms with van der Waals surface area (Å²) in [6, 6.07) is 0. The predicted molar refractivity (Wildman–Crippen MR) is 63.5 cm³/mol. The molecule has 4 heteroatoms. The number of cyclic esters (lactones) is 1. The normalized spacial score (nSPS) is 42.7. The van der Waals surface area contributed by atoms with E-state index >= 15 is 0 Å². The summed E-state index contributed by atoms with van der Waals surface area (Å²) in [4.78, 5) is 23.8. The van der Waals surface area contributed by atoms with E-state index in [0.717, 1.165) is 19.3 Å². The smallest absolute Gasteiger partial charge is 0.309 e. The van der Waals surface area contributed by atoms with Crippen LogP contribution in [0.4, 0.5) is 0 Å². The largest absolute Gasteiger partial charge is 0.469 e. The molecule has 0 spiro atoms. The third kappa shape index (κ3) is 1.73. The van der Waals surface area contributed by atoms with E-state index in [-0.39, 0.29) is 29.7 Å². The fourth-order valence-electron chi connectivity index (χ4n) is 4.33. The average Bonchev–Trinajstić information content (AvgIpc) is 2.77. The topological polar surface area (TPSA) is 52.6 Å². The summed E-state index contributed by atoms with van der Waals surface area (Å²) in [6.07, 6.45) is 5.58. The minimum absolute atomic E-state index is 0.0595. The van der Waals surface area contributed by atoms with Gasteiger partial charge in [-0.05, 0) is 24.7 Å². The molecule has 18 heavy (non-hydrogen) atoms. The lowest BCUT2D eigenvalue weighted by Gasteiger charge is -2.44. The number of rotatable bonds is 1. The maximum atomic E-state index is 12.1. The molecule has 0 aromatic carbocycles. The van der Waals surface area contributed by atoms with Crippen LogP contribution in [0, 0.1) is 29.6 Å². The standard InChI is InChI=1S/C14H20O4/c1-17-14(16)12-9-5-3-2-4-8(9)6-10-11(12)7-18-13(10)15/h8-12H,2-7H2,1H3/t8-,9+,10+,11+,12+/m1/s1. The summed E-state index contributed by atoms with van der Waals surface area (Å²) in [5, 5.41) is 0. The van der Waals surface area contributed by atoms with Crippen LogP contribution in [0.5, 0.6) is 0 Å². The summed E-state index contributed by atoms with van der Waals surface area (Å²) >= 11 is 0. The van der Waals surface area contributed by atoms with Gasteiger partial charge in [-0.3, -0.25) is 9.59 Å². The van der Waals surface area contributed by atoms with Crippen LogP contribution >= 0.6 is 0 Å². The SMILES string of the molecule is COC(=O)[C@@H]1[C@H]2COC(=O)[C@H]2C[C@H]2CCCC[C@@H]21. The van der Waals surface area contributed by atoms with Crippen molar-refractivity contribution in [3.63, 3.8) is 0 Å². The highest BCUT2D eigenvalue weighted by molar-refractivity contribution is 5.79. The number of fused-ring (bicyclic) bond motifs is 2. The molecule has 1 saturated heterocycles. The van der Waals surface area contributed by atoms with Crippen LogP contribution < -0.4 is 0 Å². The zero-order valence-corrected chi connectivity index (χ0v) is 10.8. The number of ether oxygens (including phenoxy) is 2. The fraction of sp³-hybridized carbons (Fsp3) is 0.857. The highest BCUT2D eigenvalue weighted by Gasteiger charge is 2.54. The fourth-order valence-corrected chi connectivity index (χ4v) is 4.33. The van der Waals surface area contributed by atoms with Gasteiger partial charge in [0, 0.05) is 5.92 Å². The van der Waals surface area contributed by atoms with Crippen molar-refractivity contribution in [1.82, 2.24) is 0 Å². The number of carbonyl (C=O) groups is 2. The van der Waals surface area contributed by atoms with E-state index in [1.54, 1.807) is 0 Å². The van der Waals surface area contributed by atoms with Crippen molar-refractivity contribution in [2.75, 3.05) is 13.7 Å². The van der Waals surface area contributed by atoms with Gasteiger partial charge in [0.15, 0.2) is 0 Å². The summed E-state index contributed by atoms with van der Waals surface area (Å²) < 4.78 is 10.2. The average molecular weight is 252 g/mol. The Balaban J connectivity index is 1.90. The monoisotopic (exact) mass is 252 g/mol. The summed E-state index contributed by atoms with van der Waals surface area (Å²) in [6.45, 7) is 0.409. The maximum Gasteiger partial charge on any atom is 0.309 e. The molecule has 100 valence electrons. The second-order valence-electron chi connectivity index (χ2n) is 5.89. The van der Waals surface area contributed by atoms with Crippen LogP contribution in [0.1, 0.15) is 32.1 Å². The first-order valence-electron chi connectivity index (χ1n) is 6.97. The maximum absolute atomic E-state index is 12.1. The van der Waals surface area contributed by atoms with Gasteiger partial charge in [0.05, 0.1) is 25.6 Å². The van der Waals surface area contributed by atoms with Crippen LogP contribution in [-0.2, 0) is 19.1 Å². The van der Waals surface area contributed by atoms with Crippen LogP contribution in [0.3, 0.4) is 0 Å². The first kappa shape index (κ1) is 12.0. The molecule has 3 rings (SSSR count). The molecule has 3 fully saturated rings. The highest BCUT2D eigenvalue weighted by Crippen LogP contribution is 2.51. The van der Waals surface area contributed by atoms with Gasteiger partial charge in [-0.2, -0.15) is 0 Å². The van der Waals surface area contributed by atoms with Crippen LogP contribution in [0.15, 0.2) is 0 Å². The van der Waals surface area contributed by atoms with Gasteiger partial charge in [0.25, 0.3) is 0 Å². The Bertz CT molecular complexity index is 365. The van der Waals surface area contributed by atoms with Gasteiger partial charge in [0.1, 0.15) is 0 Å². The van der Waals surface area contributed by atoms with Crippen molar-refractivity contribution < 1.29 is 19.1 Å². The third-order valence-corrected chi connectivity index (χ3v) is 5.16. The van der Waals surface area contributed by atoms with Crippen molar-refractivity contribution >= 4 is 11.9 Å². The molecule has 1 heterocycles. The van der Waals surface area contributed by atoms with Gasteiger partial charge in [-0.25, -0.2) is 0 Å². The van der Waals surface area contributed by atoms with E-state index in [0.29, 0.717) is 18.4 Å². The minimum Gasteiger partial charge on any atom is -0.469 e. The Kier molecular flexibility index (Phi) is 3.04. The molecule has 0 bridgehead atoms. The number of hydrogen-bond acceptors (Lipinski definition) is 4. The van der Waals surface area contributed by atoms with E-state index in [1.807, 2.05) is 0 Å². The number of carbonyl (C=O) groups excluding carboxylic acids is 2. The molecular formula is C14H20O4. The van der Waals surface area contributed by atoms with E-state index in [9.17, 15) is 9.59 Å². The van der Waals surface area contributed by atoms with Crippen molar-refractivity contribution in [3.05, 3.63) is 0 Å². The summed E-state index contributed by atoms with van der Waals surface area (Å²) in [7, 11) is 1.45. The Morgan fingerprint density at radius 1 is 1.28 bits per heavy atom. The van der Waals surface area contributed by atoms with Crippen molar-refractivity contribution in [1.29, 1.82) is 0 Å². The molecule has 0 aromatic heterocycles. The molecule has 5 atom stereocenters. The number of hydrogen-bond donors (Lipinski definition) is 0. The Morgan fingerprint density at radius 2 is 2.06 bits per heavy atom. The van der Waals surface area contributed by atoms with Crippen molar-refractivity contribution in [2.45, 2.75) is 32.1 Å². The summed E-state index contributed by atoms with van der Waals surface area (Å²) in [5.41, 5.74) is 0. The van der Waals surface area contributed by atoms with Crippen LogP contribution in [0.2, 0.25) is 0 Å². The van der Waals surface area contributed by atoms with Crippen molar-refractivity contribution in [3.8, 4) is 0 Å². The Labute approximate surface area is 107 Å². The first-order chi connectivity index (χ1) is 8.72. The van der Waals surface area contributed by atoms with Gasteiger partial charge in [-0.1, -0.05) is 19.3 Å². The Hall–Kier alpha value is -1.06. The third-order valence-electron chi connectivity index (χ3n) is 5.16. The molecule has 3 aliphatic rings. The molecule has 4 nitrogen and oxygen atoms in total. The van der Waals surface area contributed by atoms with Gasteiger partial charge in [0.2, 0.25) is 0 Å². The first-order valence-corrected chi connectivity index (χ1v) is 6.97. The molecule has 2 aliphatic carbocycles. The van der Waals surface area contributed by atoms with Gasteiger partial charge < -0.3 is 9.47 Å². The van der Waals surface area contributed by atoms with Crippen LogP contribution in [0.25, 0.3) is 0 Å². The summed E-state index contributed by atoms with van der Waals surface area (Å²) in [5.74, 6) is 0.553. The minimum atomic E-state index is -0.139. The van der Waals surface area contributed by atoms with Gasteiger partial charge in [-0.15, -0.1) is 0 Å². The molecule has 0 radical (unpaired) electrons. The molecule has 0 amide bonds. The second kappa shape index (κ2) is 4.56. The predicted octanol–water partition coefficient (Wildman–Crippen LogP) is 1.77. The quantitative estimate of drug-likeness (QED) is 0.667. The van der Waals surface area contributed by atoms with Crippen LogP contribution in [-0.4, -0.2) is 25.7 Å². The van der Waals surface area contributed by atoms with E-state index in [2.05, 4.69) is 0 Å². The zero-order chi connectivity index (χ0) is 12.7. The number of esters is 2. The zero-order valence-electron chi connectivity index (χ0n) is 10.8. The van der Waals surface area contributed by atoms with E-state index in [1.165, 1.54) is 20.0 Å². The molecule has 0 unspecified atom stereocenters. The lowest BCUT2D eigenvalue weighted by atomic mass is 9.58. The van der Waals surface area contributed by atoms with E-state index < -0.39 is 0 Å². The van der Waals surface area contributed by atoms with E-state index in [4.69, 9.17) is 9.47 Å². The molecule has 2 saturated carbocycles. The molecule has 0 aromatic rings. The molecule has 0 N–H and O–H groups in total. The Morgan fingerprint density at radius 3 is 2.83 bits per heavy atom. The molecule has 1 aliphatic heterocycles. The van der Waals surface area contributed by atoms with Crippen molar-refractivity contribution in [2.24, 2.45) is 29.6 Å².